The van der Waals surface area contributed by atoms with Crippen molar-refractivity contribution in [3.63, 3.8) is 0 Å². The van der Waals surface area contributed by atoms with Crippen LogP contribution >= 0.6 is 0 Å². The van der Waals surface area contributed by atoms with E-state index in [0.717, 1.165) is 5.39 Å². The maximum Gasteiger partial charge on any atom is 0.0999 e. The lowest BCUT2D eigenvalue weighted by molar-refractivity contribution is 1.46. The lowest BCUT2D eigenvalue weighted by Crippen LogP contribution is -1.87. The summed E-state index contributed by atoms with van der Waals surface area (Å²) in [5.41, 5.74) is 1.25. The standard InChI is InChI=1S/C13H5N3/c14-6-9-4-10-2-1-3-11(7-15)13(10)12(5-9)8-16/h1-5H. The summed E-state index contributed by atoms with van der Waals surface area (Å²) in [5, 5.41) is 28.1. The molecule has 2 rings (SSSR count). The lowest BCUT2D eigenvalue weighted by Gasteiger charge is -2.02. The zero-order valence-corrected chi connectivity index (χ0v) is 8.23. The van der Waals surface area contributed by atoms with Gasteiger partial charge in [0.2, 0.25) is 0 Å². The second kappa shape index (κ2) is 3.73. The molecule has 0 aliphatic rings. The molecule has 72 valence electrons. The molecule has 0 atom stereocenters. The van der Waals surface area contributed by atoms with Crippen molar-refractivity contribution in [1.82, 2.24) is 0 Å². The Balaban J connectivity index is 2.99. The number of rotatable bonds is 0. The Hall–Kier alpha value is -2.83. The summed E-state index contributed by atoms with van der Waals surface area (Å²) in [7, 11) is 0. The van der Waals surface area contributed by atoms with Crippen molar-refractivity contribution < 1.29 is 0 Å². The van der Waals surface area contributed by atoms with Crippen molar-refractivity contribution in [2.75, 3.05) is 0 Å². The van der Waals surface area contributed by atoms with Gasteiger partial charge in [0, 0.05) is 5.39 Å². The second-order valence-corrected chi connectivity index (χ2v) is 3.26. The molecule has 0 aliphatic carbocycles. The maximum atomic E-state index is 9.01. The number of hydrogen-bond acceptors (Lipinski definition) is 3. The predicted octanol–water partition coefficient (Wildman–Crippen LogP) is 2.45. The maximum absolute atomic E-state index is 9.01. The third-order valence-electron chi connectivity index (χ3n) is 2.35. The van der Waals surface area contributed by atoms with Gasteiger partial charge in [-0.3, -0.25) is 0 Å². The molecule has 3 heteroatoms. The van der Waals surface area contributed by atoms with Gasteiger partial charge in [-0.15, -0.1) is 0 Å². The first-order chi connectivity index (χ1) is 7.80. The van der Waals surface area contributed by atoms with Crippen LogP contribution in [0.5, 0.6) is 0 Å². The molecule has 0 bridgehead atoms. The Morgan fingerprint density at radius 2 is 1.56 bits per heavy atom. The quantitative estimate of drug-likeness (QED) is 0.660. The van der Waals surface area contributed by atoms with Gasteiger partial charge in [-0.25, -0.2) is 0 Å². The number of benzene rings is 2. The first kappa shape index (κ1) is 9.71. The van der Waals surface area contributed by atoms with Crippen LogP contribution in [0.2, 0.25) is 0 Å². The Morgan fingerprint density at radius 1 is 0.812 bits per heavy atom. The Morgan fingerprint density at radius 3 is 2.19 bits per heavy atom. The summed E-state index contributed by atoms with van der Waals surface area (Å²) in [5.74, 6) is 0. The van der Waals surface area contributed by atoms with Crippen LogP contribution in [-0.2, 0) is 0 Å². The highest BCUT2D eigenvalue weighted by Crippen LogP contribution is 2.23. The van der Waals surface area contributed by atoms with E-state index in [4.69, 9.17) is 15.8 Å². The molecule has 0 heterocycles. The molecule has 2 aromatic carbocycles. The van der Waals surface area contributed by atoms with E-state index in [9.17, 15) is 0 Å². The number of hydrogen-bond donors (Lipinski definition) is 0. The predicted molar refractivity (Wildman–Crippen MR) is 58.1 cm³/mol. The van der Waals surface area contributed by atoms with Gasteiger partial charge in [0.15, 0.2) is 0 Å². The lowest BCUT2D eigenvalue weighted by atomic mass is 9.98. The Bertz CT molecular complexity index is 694. The van der Waals surface area contributed by atoms with Crippen molar-refractivity contribution in [3.05, 3.63) is 47.0 Å². The molecule has 0 spiro atoms. The van der Waals surface area contributed by atoms with Gasteiger partial charge in [-0.2, -0.15) is 15.8 Å². The van der Waals surface area contributed by atoms with Crippen LogP contribution in [0.4, 0.5) is 0 Å². The smallest absolute Gasteiger partial charge is 0.0999 e. The first-order valence-electron chi connectivity index (χ1n) is 4.57. The largest absolute Gasteiger partial charge is 0.192 e. The van der Waals surface area contributed by atoms with Gasteiger partial charge in [-0.1, -0.05) is 12.1 Å². The van der Waals surface area contributed by atoms with E-state index in [-0.39, 0.29) is 0 Å². The molecule has 2 aromatic rings. The Labute approximate surface area is 92.4 Å². The van der Waals surface area contributed by atoms with E-state index in [1.807, 2.05) is 18.2 Å². The molecule has 16 heavy (non-hydrogen) atoms. The van der Waals surface area contributed by atoms with Crippen LogP contribution < -0.4 is 0 Å². The minimum Gasteiger partial charge on any atom is -0.192 e. The topological polar surface area (TPSA) is 71.4 Å². The molecule has 0 aromatic heterocycles. The molecule has 0 unspecified atom stereocenters. The molecule has 0 aliphatic heterocycles. The van der Waals surface area contributed by atoms with Crippen molar-refractivity contribution >= 4 is 10.8 Å². The first-order valence-corrected chi connectivity index (χ1v) is 4.57. The van der Waals surface area contributed by atoms with Crippen LogP contribution in [-0.4, -0.2) is 0 Å². The average molecular weight is 203 g/mol. The summed E-state index contributed by atoms with van der Waals surface area (Å²) in [6.45, 7) is 0. The van der Waals surface area contributed by atoms with E-state index in [0.29, 0.717) is 22.1 Å². The zero-order valence-electron chi connectivity index (χ0n) is 8.23. The molecule has 0 saturated carbocycles. The van der Waals surface area contributed by atoms with Crippen molar-refractivity contribution in [1.29, 1.82) is 15.8 Å². The molecule has 0 N–H and O–H groups in total. The fourth-order valence-electron chi connectivity index (χ4n) is 1.67. The molecule has 0 amide bonds. The van der Waals surface area contributed by atoms with Gasteiger partial charge in [-0.05, 0) is 23.6 Å². The summed E-state index contributed by atoms with van der Waals surface area (Å²) >= 11 is 0. The minimum absolute atomic E-state index is 0.367. The normalized spacial score (nSPS) is 9.06. The summed E-state index contributed by atoms with van der Waals surface area (Å²) in [4.78, 5) is 0. The second-order valence-electron chi connectivity index (χ2n) is 3.26. The number of nitriles is 3. The van der Waals surface area contributed by atoms with Crippen LogP contribution in [0, 0.1) is 34.0 Å². The van der Waals surface area contributed by atoms with Crippen LogP contribution in [0.25, 0.3) is 10.8 Å². The van der Waals surface area contributed by atoms with E-state index < -0.39 is 0 Å². The molecule has 3 nitrogen and oxygen atoms in total. The molecule has 0 fully saturated rings. The molecule has 0 radical (unpaired) electrons. The highest BCUT2D eigenvalue weighted by molar-refractivity contribution is 5.93. The SMILES string of the molecule is N#Cc1cc(C#N)c2c(C#N)cccc2c1. The van der Waals surface area contributed by atoms with Crippen molar-refractivity contribution in [2.45, 2.75) is 0 Å². The molecular formula is C13H5N3. The van der Waals surface area contributed by atoms with E-state index in [1.165, 1.54) is 6.07 Å². The van der Waals surface area contributed by atoms with Crippen LogP contribution in [0.1, 0.15) is 16.7 Å². The van der Waals surface area contributed by atoms with E-state index in [1.54, 1.807) is 24.3 Å². The highest BCUT2D eigenvalue weighted by Gasteiger charge is 2.07. The molecular weight excluding hydrogens is 198 g/mol. The van der Waals surface area contributed by atoms with E-state index >= 15 is 0 Å². The fourth-order valence-corrected chi connectivity index (χ4v) is 1.67. The average Bonchev–Trinajstić information content (AvgIpc) is 2.36. The number of nitrogens with zero attached hydrogens (tertiary/aromatic N) is 3. The highest BCUT2D eigenvalue weighted by atomic mass is 14.3. The summed E-state index contributed by atoms with van der Waals surface area (Å²) in [6, 6.07) is 14.4. The Kier molecular flexibility index (Phi) is 2.27. The summed E-state index contributed by atoms with van der Waals surface area (Å²) < 4.78 is 0. The van der Waals surface area contributed by atoms with Crippen LogP contribution in [0.3, 0.4) is 0 Å². The fraction of sp³-hybridized carbons (Fsp3) is 0. The van der Waals surface area contributed by atoms with Gasteiger partial charge < -0.3 is 0 Å². The monoisotopic (exact) mass is 203 g/mol. The summed E-state index contributed by atoms with van der Waals surface area (Å²) in [6.07, 6.45) is 0. The minimum atomic E-state index is 0.367. The number of fused-ring (bicyclic) bond motifs is 1. The van der Waals surface area contributed by atoms with Gasteiger partial charge >= 0.3 is 0 Å². The third kappa shape index (κ3) is 1.36. The van der Waals surface area contributed by atoms with Gasteiger partial charge in [0.1, 0.15) is 0 Å². The van der Waals surface area contributed by atoms with Gasteiger partial charge in [0.05, 0.1) is 34.9 Å². The van der Waals surface area contributed by atoms with Crippen molar-refractivity contribution in [3.8, 4) is 18.2 Å². The third-order valence-corrected chi connectivity index (χ3v) is 2.35. The molecule has 0 saturated heterocycles. The van der Waals surface area contributed by atoms with Gasteiger partial charge in [0.25, 0.3) is 0 Å². The van der Waals surface area contributed by atoms with Crippen molar-refractivity contribution in [2.24, 2.45) is 0 Å². The van der Waals surface area contributed by atoms with E-state index in [2.05, 4.69) is 0 Å². The van der Waals surface area contributed by atoms with Crippen LogP contribution in [0.15, 0.2) is 30.3 Å². The zero-order chi connectivity index (χ0) is 11.5.